The van der Waals surface area contributed by atoms with E-state index in [0.717, 1.165) is 13.1 Å². The Labute approximate surface area is 112 Å². The van der Waals surface area contributed by atoms with Gasteiger partial charge in [-0.15, -0.1) is 0 Å². The minimum atomic E-state index is 0.437. The molecular formula is C16H28N2. The van der Waals surface area contributed by atoms with Gasteiger partial charge in [-0.25, -0.2) is 0 Å². The molecule has 0 spiro atoms. The molecule has 0 aliphatic rings. The van der Waals surface area contributed by atoms with E-state index in [1.54, 1.807) is 0 Å². The molecule has 0 aliphatic heterocycles. The molecule has 1 unspecified atom stereocenters. The lowest BCUT2D eigenvalue weighted by atomic mass is 9.97. The second-order valence-corrected chi connectivity index (χ2v) is 5.78. The molecule has 0 heterocycles. The monoisotopic (exact) mass is 248 g/mol. The molecule has 1 aromatic carbocycles. The zero-order chi connectivity index (χ0) is 13.5. The van der Waals surface area contributed by atoms with Gasteiger partial charge in [-0.3, -0.25) is 0 Å². The van der Waals surface area contributed by atoms with E-state index >= 15 is 0 Å². The first kappa shape index (κ1) is 15.2. The fraction of sp³-hybridized carbons (Fsp3) is 0.625. The summed E-state index contributed by atoms with van der Waals surface area (Å²) in [7, 11) is 0. The Morgan fingerprint density at radius 1 is 1.00 bits per heavy atom. The van der Waals surface area contributed by atoms with Gasteiger partial charge in [0.05, 0.1) is 0 Å². The van der Waals surface area contributed by atoms with E-state index in [0.29, 0.717) is 24.4 Å². The SMILES string of the molecule is CC(C)CN(CC(CN)c1ccccc1)C(C)C. The smallest absolute Gasteiger partial charge is 0.00889 e. The van der Waals surface area contributed by atoms with Gasteiger partial charge in [0.15, 0.2) is 0 Å². The van der Waals surface area contributed by atoms with Crippen molar-refractivity contribution < 1.29 is 0 Å². The minimum absolute atomic E-state index is 0.437. The Morgan fingerprint density at radius 2 is 1.61 bits per heavy atom. The van der Waals surface area contributed by atoms with Crippen molar-refractivity contribution in [2.75, 3.05) is 19.6 Å². The van der Waals surface area contributed by atoms with E-state index in [1.165, 1.54) is 5.56 Å². The molecule has 2 nitrogen and oxygen atoms in total. The Hall–Kier alpha value is -0.860. The van der Waals surface area contributed by atoms with Crippen LogP contribution >= 0.6 is 0 Å². The molecule has 1 rings (SSSR count). The van der Waals surface area contributed by atoms with Crippen LogP contribution in [-0.2, 0) is 0 Å². The van der Waals surface area contributed by atoms with Crippen molar-refractivity contribution in [2.24, 2.45) is 11.7 Å². The maximum Gasteiger partial charge on any atom is 0.00889 e. The van der Waals surface area contributed by atoms with Crippen LogP contribution in [0.2, 0.25) is 0 Å². The summed E-state index contributed by atoms with van der Waals surface area (Å²) in [6.45, 7) is 12.0. The second-order valence-electron chi connectivity index (χ2n) is 5.78. The largest absolute Gasteiger partial charge is 0.330 e. The van der Waals surface area contributed by atoms with E-state index in [9.17, 15) is 0 Å². The molecule has 0 fully saturated rings. The molecule has 2 N–H and O–H groups in total. The van der Waals surface area contributed by atoms with Crippen LogP contribution in [0.5, 0.6) is 0 Å². The zero-order valence-corrected chi connectivity index (χ0v) is 12.3. The number of nitrogens with zero attached hydrogens (tertiary/aromatic N) is 1. The minimum Gasteiger partial charge on any atom is -0.330 e. The van der Waals surface area contributed by atoms with Gasteiger partial charge in [0.1, 0.15) is 0 Å². The normalized spacial score (nSPS) is 13.6. The summed E-state index contributed by atoms with van der Waals surface area (Å²) >= 11 is 0. The van der Waals surface area contributed by atoms with E-state index < -0.39 is 0 Å². The summed E-state index contributed by atoms with van der Waals surface area (Å²) in [5, 5.41) is 0. The molecule has 18 heavy (non-hydrogen) atoms. The summed E-state index contributed by atoms with van der Waals surface area (Å²) < 4.78 is 0. The summed E-state index contributed by atoms with van der Waals surface area (Å²) in [4.78, 5) is 2.54. The topological polar surface area (TPSA) is 29.3 Å². The van der Waals surface area contributed by atoms with Gasteiger partial charge in [0.25, 0.3) is 0 Å². The van der Waals surface area contributed by atoms with Crippen molar-refractivity contribution in [1.82, 2.24) is 4.90 Å². The van der Waals surface area contributed by atoms with E-state index in [-0.39, 0.29) is 0 Å². The lowest BCUT2D eigenvalue weighted by Crippen LogP contribution is -2.39. The van der Waals surface area contributed by atoms with Gasteiger partial charge in [0, 0.05) is 31.6 Å². The predicted molar refractivity (Wildman–Crippen MR) is 79.8 cm³/mol. The quantitative estimate of drug-likeness (QED) is 0.803. The van der Waals surface area contributed by atoms with Crippen LogP contribution < -0.4 is 5.73 Å². The van der Waals surface area contributed by atoms with Crippen LogP contribution in [0.25, 0.3) is 0 Å². The fourth-order valence-electron chi connectivity index (χ4n) is 2.29. The summed E-state index contributed by atoms with van der Waals surface area (Å²) in [5.74, 6) is 1.13. The van der Waals surface area contributed by atoms with Gasteiger partial charge in [-0.1, -0.05) is 44.2 Å². The summed E-state index contributed by atoms with van der Waals surface area (Å²) in [5.41, 5.74) is 7.31. The highest BCUT2D eigenvalue weighted by Gasteiger charge is 2.17. The van der Waals surface area contributed by atoms with Gasteiger partial charge in [-0.05, 0) is 25.3 Å². The molecule has 0 radical (unpaired) electrons. The molecule has 2 heteroatoms. The third-order valence-electron chi connectivity index (χ3n) is 3.34. The van der Waals surface area contributed by atoms with Gasteiger partial charge < -0.3 is 10.6 Å². The summed E-state index contributed by atoms with van der Waals surface area (Å²) in [6.07, 6.45) is 0. The highest BCUT2D eigenvalue weighted by Crippen LogP contribution is 2.18. The first-order valence-corrected chi connectivity index (χ1v) is 7.03. The number of benzene rings is 1. The molecule has 0 bridgehead atoms. The first-order valence-electron chi connectivity index (χ1n) is 7.03. The maximum atomic E-state index is 5.96. The molecule has 0 aliphatic carbocycles. The van der Waals surface area contributed by atoms with Crippen molar-refractivity contribution in [3.63, 3.8) is 0 Å². The number of hydrogen-bond acceptors (Lipinski definition) is 2. The van der Waals surface area contributed by atoms with E-state index in [1.807, 2.05) is 0 Å². The number of nitrogens with two attached hydrogens (primary N) is 1. The average molecular weight is 248 g/mol. The number of hydrogen-bond donors (Lipinski definition) is 1. The second kappa shape index (κ2) is 7.55. The summed E-state index contributed by atoms with van der Waals surface area (Å²) in [6, 6.07) is 11.2. The molecule has 102 valence electrons. The van der Waals surface area contributed by atoms with Crippen molar-refractivity contribution in [1.29, 1.82) is 0 Å². The Balaban J connectivity index is 2.71. The van der Waals surface area contributed by atoms with Crippen LogP contribution in [-0.4, -0.2) is 30.6 Å². The molecule has 0 aromatic heterocycles. The van der Waals surface area contributed by atoms with Crippen molar-refractivity contribution in [3.05, 3.63) is 35.9 Å². The van der Waals surface area contributed by atoms with Crippen LogP contribution in [0.15, 0.2) is 30.3 Å². The highest BCUT2D eigenvalue weighted by atomic mass is 15.1. The van der Waals surface area contributed by atoms with Crippen molar-refractivity contribution in [2.45, 2.75) is 39.7 Å². The molecule has 1 atom stereocenters. The first-order chi connectivity index (χ1) is 8.54. The molecule has 1 aromatic rings. The lowest BCUT2D eigenvalue weighted by molar-refractivity contribution is 0.186. The van der Waals surface area contributed by atoms with Crippen LogP contribution in [0.1, 0.15) is 39.2 Å². The molecular weight excluding hydrogens is 220 g/mol. The van der Waals surface area contributed by atoms with Crippen molar-refractivity contribution >= 4 is 0 Å². The molecule has 0 amide bonds. The fourth-order valence-corrected chi connectivity index (χ4v) is 2.29. The highest BCUT2D eigenvalue weighted by molar-refractivity contribution is 5.20. The average Bonchev–Trinajstić information content (AvgIpc) is 2.34. The zero-order valence-electron chi connectivity index (χ0n) is 12.3. The maximum absolute atomic E-state index is 5.96. The number of rotatable bonds is 7. The lowest BCUT2D eigenvalue weighted by Gasteiger charge is -2.31. The Bertz CT molecular complexity index is 319. The van der Waals surface area contributed by atoms with E-state index in [2.05, 4.69) is 62.9 Å². The third kappa shape index (κ3) is 4.79. The van der Waals surface area contributed by atoms with E-state index in [4.69, 9.17) is 5.73 Å². The van der Waals surface area contributed by atoms with Gasteiger partial charge in [-0.2, -0.15) is 0 Å². The van der Waals surface area contributed by atoms with Crippen LogP contribution in [0.3, 0.4) is 0 Å². The van der Waals surface area contributed by atoms with Crippen LogP contribution in [0, 0.1) is 5.92 Å². The van der Waals surface area contributed by atoms with Gasteiger partial charge in [0.2, 0.25) is 0 Å². The predicted octanol–water partition coefficient (Wildman–Crippen LogP) is 3.10. The van der Waals surface area contributed by atoms with Crippen molar-refractivity contribution in [3.8, 4) is 0 Å². The standard InChI is InChI=1S/C16H28N2/c1-13(2)11-18(14(3)4)12-16(10-17)15-8-6-5-7-9-15/h5-9,13-14,16H,10-12,17H2,1-4H3. The Morgan fingerprint density at radius 3 is 2.06 bits per heavy atom. The van der Waals surface area contributed by atoms with Gasteiger partial charge >= 0.3 is 0 Å². The Kier molecular flexibility index (Phi) is 6.37. The van der Waals surface area contributed by atoms with Crippen LogP contribution in [0.4, 0.5) is 0 Å². The third-order valence-corrected chi connectivity index (χ3v) is 3.34. The molecule has 0 saturated carbocycles. The molecule has 0 saturated heterocycles.